The number of benzene rings is 1. The first-order valence-corrected chi connectivity index (χ1v) is 6.96. The standard InChI is InChI=1S/C15H20ClN3/c1-4-17-14(15-13(16)10-18-19(15)3)9-12-7-5-6-11(2)8-12/h5-8,10,14,17H,4,9H2,1-3H3. The zero-order valence-corrected chi connectivity index (χ0v) is 12.4. The summed E-state index contributed by atoms with van der Waals surface area (Å²) in [7, 11) is 1.93. The first kappa shape index (κ1) is 14.1. The Morgan fingerprint density at radius 3 is 2.79 bits per heavy atom. The molecule has 0 bridgehead atoms. The van der Waals surface area contributed by atoms with E-state index in [4.69, 9.17) is 11.6 Å². The van der Waals surface area contributed by atoms with E-state index >= 15 is 0 Å². The highest BCUT2D eigenvalue weighted by Crippen LogP contribution is 2.25. The third kappa shape index (κ3) is 3.37. The summed E-state index contributed by atoms with van der Waals surface area (Å²) in [6.45, 7) is 5.12. The maximum absolute atomic E-state index is 6.25. The third-order valence-corrected chi connectivity index (χ3v) is 3.53. The lowest BCUT2D eigenvalue weighted by Crippen LogP contribution is -2.25. The predicted molar refractivity (Wildman–Crippen MR) is 79.5 cm³/mol. The summed E-state index contributed by atoms with van der Waals surface area (Å²) in [5.41, 5.74) is 3.64. The number of rotatable bonds is 5. The average Bonchev–Trinajstić information content (AvgIpc) is 2.69. The maximum atomic E-state index is 6.25. The van der Waals surface area contributed by atoms with Crippen LogP contribution in [0.4, 0.5) is 0 Å². The fourth-order valence-electron chi connectivity index (χ4n) is 2.40. The summed E-state index contributed by atoms with van der Waals surface area (Å²) in [5, 5.41) is 8.44. The molecular formula is C15H20ClN3. The summed E-state index contributed by atoms with van der Waals surface area (Å²) >= 11 is 6.25. The second-order valence-corrected chi connectivity index (χ2v) is 5.21. The van der Waals surface area contributed by atoms with Crippen LogP contribution in [0.25, 0.3) is 0 Å². The first-order chi connectivity index (χ1) is 9.11. The molecule has 0 radical (unpaired) electrons. The minimum Gasteiger partial charge on any atom is -0.309 e. The van der Waals surface area contributed by atoms with Gasteiger partial charge in [-0.25, -0.2) is 0 Å². The van der Waals surface area contributed by atoms with Gasteiger partial charge in [0.25, 0.3) is 0 Å². The molecular weight excluding hydrogens is 258 g/mol. The van der Waals surface area contributed by atoms with Crippen LogP contribution in [-0.4, -0.2) is 16.3 Å². The molecule has 0 fully saturated rings. The van der Waals surface area contributed by atoms with Crippen molar-refractivity contribution in [2.45, 2.75) is 26.3 Å². The average molecular weight is 278 g/mol. The molecule has 1 unspecified atom stereocenters. The number of likely N-dealkylation sites (N-methyl/N-ethyl adjacent to an activating group) is 1. The molecule has 0 amide bonds. The van der Waals surface area contributed by atoms with Gasteiger partial charge in [0.1, 0.15) is 0 Å². The van der Waals surface area contributed by atoms with Crippen LogP contribution < -0.4 is 5.32 Å². The van der Waals surface area contributed by atoms with Crippen LogP contribution >= 0.6 is 11.6 Å². The van der Waals surface area contributed by atoms with Crippen molar-refractivity contribution in [3.05, 3.63) is 52.3 Å². The minimum atomic E-state index is 0.187. The molecule has 0 aliphatic rings. The number of nitrogens with one attached hydrogen (secondary N) is 1. The molecule has 2 aromatic rings. The van der Waals surface area contributed by atoms with Crippen LogP contribution in [0.2, 0.25) is 5.02 Å². The molecule has 0 aliphatic carbocycles. The second-order valence-electron chi connectivity index (χ2n) is 4.80. The van der Waals surface area contributed by atoms with Gasteiger partial charge in [-0.15, -0.1) is 0 Å². The van der Waals surface area contributed by atoms with Crippen molar-refractivity contribution in [2.75, 3.05) is 6.54 Å². The van der Waals surface area contributed by atoms with Crippen molar-refractivity contribution in [1.29, 1.82) is 0 Å². The first-order valence-electron chi connectivity index (χ1n) is 6.58. The Morgan fingerprint density at radius 1 is 1.42 bits per heavy atom. The highest BCUT2D eigenvalue weighted by atomic mass is 35.5. The van der Waals surface area contributed by atoms with E-state index in [9.17, 15) is 0 Å². The van der Waals surface area contributed by atoms with E-state index < -0.39 is 0 Å². The number of nitrogens with zero attached hydrogens (tertiary/aromatic N) is 2. The van der Waals surface area contributed by atoms with Gasteiger partial charge >= 0.3 is 0 Å². The van der Waals surface area contributed by atoms with Crippen LogP contribution in [0, 0.1) is 6.92 Å². The van der Waals surface area contributed by atoms with Gasteiger partial charge in [0, 0.05) is 7.05 Å². The lowest BCUT2D eigenvalue weighted by molar-refractivity contribution is 0.508. The van der Waals surface area contributed by atoms with Crippen molar-refractivity contribution in [3.8, 4) is 0 Å². The van der Waals surface area contributed by atoms with Gasteiger partial charge in [-0.2, -0.15) is 5.10 Å². The van der Waals surface area contributed by atoms with E-state index in [0.29, 0.717) is 0 Å². The molecule has 1 aromatic carbocycles. The number of halogens is 1. The summed E-state index contributed by atoms with van der Waals surface area (Å²) in [6.07, 6.45) is 2.62. The molecule has 4 heteroatoms. The van der Waals surface area contributed by atoms with E-state index in [0.717, 1.165) is 23.7 Å². The van der Waals surface area contributed by atoms with E-state index in [-0.39, 0.29) is 6.04 Å². The van der Waals surface area contributed by atoms with Crippen molar-refractivity contribution in [2.24, 2.45) is 7.05 Å². The smallest absolute Gasteiger partial charge is 0.0834 e. The summed E-state index contributed by atoms with van der Waals surface area (Å²) in [4.78, 5) is 0. The molecule has 1 atom stereocenters. The highest BCUT2D eigenvalue weighted by Gasteiger charge is 2.18. The Bertz CT molecular complexity index is 529. The van der Waals surface area contributed by atoms with Gasteiger partial charge < -0.3 is 5.32 Å². The normalized spacial score (nSPS) is 12.6. The van der Waals surface area contributed by atoms with Crippen molar-refractivity contribution < 1.29 is 0 Å². The van der Waals surface area contributed by atoms with Crippen LogP contribution in [0.15, 0.2) is 30.5 Å². The molecule has 2 rings (SSSR count). The van der Waals surface area contributed by atoms with Gasteiger partial charge in [-0.3, -0.25) is 4.68 Å². The number of hydrogen-bond acceptors (Lipinski definition) is 2. The number of hydrogen-bond donors (Lipinski definition) is 1. The number of aryl methyl sites for hydroxylation is 2. The SMILES string of the molecule is CCNC(Cc1cccc(C)c1)c1c(Cl)cnn1C. The Morgan fingerprint density at radius 2 is 2.21 bits per heavy atom. The Labute approximate surface area is 119 Å². The zero-order valence-electron chi connectivity index (χ0n) is 11.7. The van der Waals surface area contributed by atoms with Gasteiger partial charge in [-0.1, -0.05) is 48.4 Å². The third-order valence-electron chi connectivity index (χ3n) is 3.24. The zero-order chi connectivity index (χ0) is 13.8. The van der Waals surface area contributed by atoms with E-state index in [2.05, 4.69) is 48.5 Å². The van der Waals surface area contributed by atoms with Crippen LogP contribution in [-0.2, 0) is 13.5 Å². The summed E-state index contributed by atoms with van der Waals surface area (Å²) < 4.78 is 1.85. The van der Waals surface area contributed by atoms with Gasteiger partial charge in [-0.05, 0) is 25.5 Å². The molecule has 19 heavy (non-hydrogen) atoms. The molecule has 1 N–H and O–H groups in total. The summed E-state index contributed by atoms with van der Waals surface area (Å²) in [6, 6.07) is 8.77. The van der Waals surface area contributed by atoms with Crippen molar-refractivity contribution >= 4 is 11.6 Å². The topological polar surface area (TPSA) is 29.9 Å². The van der Waals surface area contributed by atoms with E-state index in [1.54, 1.807) is 6.20 Å². The van der Waals surface area contributed by atoms with Gasteiger partial charge in [0.15, 0.2) is 0 Å². The molecule has 3 nitrogen and oxygen atoms in total. The Balaban J connectivity index is 2.26. The second kappa shape index (κ2) is 6.22. The monoisotopic (exact) mass is 277 g/mol. The molecule has 0 aliphatic heterocycles. The molecule has 0 saturated carbocycles. The lowest BCUT2D eigenvalue weighted by Gasteiger charge is -2.19. The largest absolute Gasteiger partial charge is 0.309 e. The van der Waals surface area contributed by atoms with Crippen LogP contribution in [0.3, 0.4) is 0 Å². The Hall–Kier alpha value is -1.32. The molecule has 0 saturated heterocycles. The lowest BCUT2D eigenvalue weighted by atomic mass is 10.0. The van der Waals surface area contributed by atoms with Crippen molar-refractivity contribution in [1.82, 2.24) is 15.1 Å². The van der Waals surface area contributed by atoms with E-state index in [1.807, 2.05) is 11.7 Å². The fraction of sp³-hybridized carbons (Fsp3) is 0.400. The van der Waals surface area contributed by atoms with Crippen molar-refractivity contribution in [3.63, 3.8) is 0 Å². The minimum absolute atomic E-state index is 0.187. The van der Waals surface area contributed by atoms with Crippen LogP contribution in [0.5, 0.6) is 0 Å². The quantitative estimate of drug-likeness (QED) is 0.909. The summed E-state index contributed by atoms with van der Waals surface area (Å²) in [5.74, 6) is 0. The molecule has 1 aromatic heterocycles. The Kier molecular flexibility index (Phi) is 4.61. The highest BCUT2D eigenvalue weighted by molar-refractivity contribution is 6.31. The molecule has 1 heterocycles. The number of aromatic nitrogens is 2. The van der Waals surface area contributed by atoms with Crippen LogP contribution in [0.1, 0.15) is 29.8 Å². The predicted octanol–water partition coefficient (Wildman–Crippen LogP) is 3.28. The fourth-order valence-corrected chi connectivity index (χ4v) is 2.70. The van der Waals surface area contributed by atoms with E-state index in [1.165, 1.54) is 11.1 Å². The molecule has 0 spiro atoms. The van der Waals surface area contributed by atoms with Gasteiger partial charge in [0.05, 0.1) is 23.0 Å². The molecule has 102 valence electrons. The maximum Gasteiger partial charge on any atom is 0.0834 e. The van der Waals surface area contributed by atoms with Gasteiger partial charge in [0.2, 0.25) is 0 Å².